The molecule has 3 nitrogen and oxygen atoms in total. The Hall–Kier alpha value is -1.61. The molecule has 0 spiro atoms. The smallest absolute Gasteiger partial charge is 0.0659 e. The van der Waals surface area contributed by atoms with Crippen LogP contribution in [0.4, 0.5) is 0 Å². The van der Waals surface area contributed by atoms with E-state index in [1.54, 1.807) is 0 Å². The number of hydrogen-bond donors (Lipinski definition) is 1. The van der Waals surface area contributed by atoms with Crippen LogP contribution in [0.3, 0.4) is 0 Å². The summed E-state index contributed by atoms with van der Waals surface area (Å²) in [5, 5.41) is 4.43. The van der Waals surface area contributed by atoms with Crippen LogP contribution in [0.5, 0.6) is 0 Å². The van der Waals surface area contributed by atoms with Crippen molar-refractivity contribution >= 4 is 0 Å². The zero-order valence-electron chi connectivity index (χ0n) is 10.9. The molecule has 1 aromatic carbocycles. The van der Waals surface area contributed by atoms with E-state index in [1.165, 1.54) is 11.1 Å². The van der Waals surface area contributed by atoms with E-state index in [0.29, 0.717) is 5.92 Å². The van der Waals surface area contributed by atoms with E-state index in [1.807, 2.05) is 16.9 Å². The Morgan fingerprint density at radius 2 is 1.94 bits per heavy atom. The van der Waals surface area contributed by atoms with Gasteiger partial charge in [0, 0.05) is 18.2 Å². The van der Waals surface area contributed by atoms with Crippen molar-refractivity contribution in [1.29, 1.82) is 0 Å². The topological polar surface area (TPSA) is 43.8 Å². The van der Waals surface area contributed by atoms with Gasteiger partial charge in [-0.05, 0) is 16.5 Å². The van der Waals surface area contributed by atoms with Gasteiger partial charge in [0.25, 0.3) is 0 Å². The van der Waals surface area contributed by atoms with Gasteiger partial charge in [-0.3, -0.25) is 4.68 Å². The van der Waals surface area contributed by atoms with Gasteiger partial charge in [0.1, 0.15) is 0 Å². The summed E-state index contributed by atoms with van der Waals surface area (Å²) in [5.74, 6) is 0.460. The molecule has 1 saturated carbocycles. The Balaban J connectivity index is 1.75. The highest BCUT2D eigenvalue weighted by Gasteiger charge is 2.56. The first-order valence-electron chi connectivity index (χ1n) is 6.41. The number of rotatable bonds is 3. The number of aromatic nitrogens is 2. The molecule has 1 aromatic heterocycles. The van der Waals surface area contributed by atoms with Crippen LogP contribution in [0.1, 0.15) is 30.9 Å². The molecular formula is C15H19N3. The first-order chi connectivity index (χ1) is 8.59. The third-order valence-corrected chi connectivity index (χ3v) is 4.11. The fraction of sp³-hybridized carbons (Fsp3) is 0.400. The van der Waals surface area contributed by atoms with Crippen molar-refractivity contribution in [2.45, 2.75) is 32.4 Å². The zero-order valence-corrected chi connectivity index (χ0v) is 10.9. The third kappa shape index (κ3) is 1.85. The second-order valence-corrected chi connectivity index (χ2v) is 5.78. The number of nitrogens with two attached hydrogens (primary N) is 1. The summed E-state index contributed by atoms with van der Waals surface area (Å²) in [6.45, 7) is 5.26. The lowest BCUT2D eigenvalue weighted by Gasteiger charge is -2.01. The molecule has 1 fully saturated rings. The molecule has 0 bridgehead atoms. The summed E-state index contributed by atoms with van der Waals surface area (Å²) in [7, 11) is 0. The van der Waals surface area contributed by atoms with Gasteiger partial charge in [-0.2, -0.15) is 5.10 Å². The largest absolute Gasteiger partial charge is 0.327 e. The molecule has 2 N–H and O–H groups in total. The van der Waals surface area contributed by atoms with Crippen LogP contribution >= 0.6 is 0 Å². The van der Waals surface area contributed by atoms with Gasteiger partial charge in [0.05, 0.1) is 12.7 Å². The Morgan fingerprint density at radius 3 is 2.56 bits per heavy atom. The predicted molar refractivity (Wildman–Crippen MR) is 72.3 cm³/mol. The maximum absolute atomic E-state index is 6.10. The fourth-order valence-corrected chi connectivity index (χ4v) is 2.71. The van der Waals surface area contributed by atoms with Gasteiger partial charge in [-0.25, -0.2) is 0 Å². The van der Waals surface area contributed by atoms with Gasteiger partial charge in [0.15, 0.2) is 0 Å². The Morgan fingerprint density at radius 1 is 1.28 bits per heavy atom. The van der Waals surface area contributed by atoms with Crippen molar-refractivity contribution < 1.29 is 0 Å². The van der Waals surface area contributed by atoms with Crippen molar-refractivity contribution in [3.8, 4) is 0 Å². The first kappa shape index (κ1) is 11.5. The molecule has 2 aromatic rings. The van der Waals surface area contributed by atoms with Gasteiger partial charge in [-0.15, -0.1) is 0 Å². The third-order valence-electron chi connectivity index (χ3n) is 4.11. The van der Waals surface area contributed by atoms with Crippen LogP contribution in [-0.4, -0.2) is 15.8 Å². The molecule has 94 valence electrons. The number of nitrogens with zero attached hydrogens (tertiary/aromatic N) is 2. The number of benzene rings is 1. The van der Waals surface area contributed by atoms with Gasteiger partial charge in [-0.1, -0.05) is 44.2 Å². The van der Waals surface area contributed by atoms with Gasteiger partial charge in [0.2, 0.25) is 0 Å². The number of hydrogen-bond acceptors (Lipinski definition) is 2. The average molecular weight is 241 g/mol. The van der Waals surface area contributed by atoms with Crippen molar-refractivity contribution in [1.82, 2.24) is 9.78 Å². The van der Waals surface area contributed by atoms with Crippen molar-refractivity contribution in [3.63, 3.8) is 0 Å². The molecule has 18 heavy (non-hydrogen) atoms. The SMILES string of the molecule is CC1(C)[C@H](N)[C@H]1c1cnn(Cc2ccccc2)c1. The molecule has 1 aliphatic carbocycles. The molecule has 0 radical (unpaired) electrons. The van der Waals surface area contributed by atoms with Gasteiger partial charge >= 0.3 is 0 Å². The van der Waals surface area contributed by atoms with E-state index in [-0.39, 0.29) is 11.5 Å². The Labute approximate surface area is 108 Å². The zero-order chi connectivity index (χ0) is 12.8. The molecule has 0 unspecified atom stereocenters. The summed E-state index contributed by atoms with van der Waals surface area (Å²) in [5.41, 5.74) is 8.86. The van der Waals surface area contributed by atoms with E-state index < -0.39 is 0 Å². The Kier molecular flexibility index (Phi) is 2.52. The average Bonchev–Trinajstić information content (AvgIpc) is 2.71. The minimum Gasteiger partial charge on any atom is -0.327 e. The second-order valence-electron chi connectivity index (χ2n) is 5.78. The van der Waals surface area contributed by atoms with Crippen LogP contribution in [0.2, 0.25) is 0 Å². The first-order valence-corrected chi connectivity index (χ1v) is 6.41. The molecular weight excluding hydrogens is 222 g/mol. The summed E-state index contributed by atoms with van der Waals surface area (Å²) in [6, 6.07) is 10.7. The highest BCUT2D eigenvalue weighted by atomic mass is 15.3. The summed E-state index contributed by atoms with van der Waals surface area (Å²) in [6.07, 6.45) is 4.09. The van der Waals surface area contributed by atoms with Crippen LogP contribution < -0.4 is 5.73 Å². The monoisotopic (exact) mass is 241 g/mol. The lowest BCUT2D eigenvalue weighted by Crippen LogP contribution is -2.06. The summed E-state index contributed by atoms with van der Waals surface area (Å²) in [4.78, 5) is 0. The Bertz CT molecular complexity index is 542. The van der Waals surface area contributed by atoms with E-state index >= 15 is 0 Å². The fourth-order valence-electron chi connectivity index (χ4n) is 2.71. The van der Waals surface area contributed by atoms with Gasteiger partial charge < -0.3 is 5.73 Å². The summed E-state index contributed by atoms with van der Waals surface area (Å²) < 4.78 is 1.99. The molecule has 3 heteroatoms. The van der Waals surface area contributed by atoms with Crippen molar-refractivity contribution in [3.05, 3.63) is 53.9 Å². The highest BCUT2D eigenvalue weighted by Crippen LogP contribution is 2.57. The van der Waals surface area contributed by atoms with E-state index in [9.17, 15) is 0 Å². The van der Waals surface area contributed by atoms with Crippen LogP contribution in [0.25, 0.3) is 0 Å². The lowest BCUT2D eigenvalue weighted by atomic mass is 10.1. The maximum Gasteiger partial charge on any atom is 0.0659 e. The van der Waals surface area contributed by atoms with Crippen molar-refractivity contribution in [2.24, 2.45) is 11.1 Å². The molecule has 0 amide bonds. The molecule has 1 heterocycles. The standard InChI is InChI=1S/C15H19N3/c1-15(2)13(14(15)16)12-8-17-18(10-12)9-11-6-4-3-5-7-11/h3-8,10,13-14H,9,16H2,1-2H3/t13-,14-/m1/s1. The maximum atomic E-state index is 6.10. The minimum absolute atomic E-state index is 0.223. The predicted octanol–water partition coefficient (Wildman–Crippen LogP) is 2.38. The molecule has 3 rings (SSSR count). The summed E-state index contributed by atoms with van der Waals surface area (Å²) >= 11 is 0. The molecule has 2 atom stereocenters. The molecule has 0 aliphatic heterocycles. The quantitative estimate of drug-likeness (QED) is 0.896. The van der Waals surface area contributed by atoms with E-state index in [0.717, 1.165) is 6.54 Å². The normalized spacial score (nSPS) is 25.1. The van der Waals surface area contributed by atoms with E-state index in [2.05, 4.69) is 49.4 Å². The van der Waals surface area contributed by atoms with E-state index in [4.69, 9.17) is 5.73 Å². The second kappa shape index (κ2) is 3.95. The highest BCUT2D eigenvalue weighted by molar-refractivity contribution is 5.31. The minimum atomic E-state index is 0.223. The molecule has 1 aliphatic rings. The van der Waals surface area contributed by atoms with Crippen LogP contribution in [0, 0.1) is 5.41 Å². The molecule has 0 saturated heterocycles. The van der Waals surface area contributed by atoms with Crippen LogP contribution in [0.15, 0.2) is 42.7 Å². The lowest BCUT2D eigenvalue weighted by molar-refractivity contribution is 0.598. The van der Waals surface area contributed by atoms with Crippen LogP contribution in [-0.2, 0) is 6.54 Å². The van der Waals surface area contributed by atoms with Crippen molar-refractivity contribution in [2.75, 3.05) is 0 Å².